The van der Waals surface area contributed by atoms with E-state index in [-0.39, 0.29) is 0 Å². The van der Waals surface area contributed by atoms with Crippen LogP contribution in [-0.4, -0.2) is 13.4 Å². The normalized spacial score (nSPS) is 11.3. The molecule has 0 aliphatic carbocycles. The van der Waals surface area contributed by atoms with Gasteiger partial charge in [0.15, 0.2) is 5.82 Å². The minimum atomic E-state index is -4.03. The summed E-state index contributed by atoms with van der Waals surface area (Å²) in [6.45, 7) is 1.82. The lowest BCUT2D eigenvalue weighted by molar-refractivity contribution is 0.557. The van der Waals surface area contributed by atoms with E-state index < -0.39 is 20.9 Å². The first-order valence-corrected chi connectivity index (χ1v) is 7.57. The van der Waals surface area contributed by atoms with Crippen LogP contribution in [0.1, 0.15) is 5.56 Å². The molecule has 0 aliphatic heterocycles. The maximum absolute atomic E-state index is 13.4. The van der Waals surface area contributed by atoms with Crippen LogP contribution in [0.5, 0.6) is 0 Å². The summed E-state index contributed by atoms with van der Waals surface area (Å²) in [5, 5.41) is -0.615. The average molecular weight is 345 g/mol. The molecule has 1 aromatic heterocycles. The zero-order valence-corrected chi connectivity index (χ0v) is 12.3. The Bertz CT molecular complexity index is 719. The van der Waals surface area contributed by atoms with Crippen LogP contribution in [0.25, 0.3) is 0 Å². The standard InChI is InChI=1S/C12H10BrFN2O2S/c1-8-7-9(4-5-10(8)13)16-19(17,18)12-11(14)3-2-6-15-12/h2-7,16H,1H3. The highest BCUT2D eigenvalue weighted by Gasteiger charge is 2.20. The molecule has 0 unspecified atom stereocenters. The van der Waals surface area contributed by atoms with Gasteiger partial charge in [-0.2, -0.15) is 8.42 Å². The first kappa shape index (κ1) is 14.0. The van der Waals surface area contributed by atoms with E-state index in [2.05, 4.69) is 25.6 Å². The number of nitrogens with zero attached hydrogens (tertiary/aromatic N) is 1. The highest BCUT2D eigenvalue weighted by atomic mass is 79.9. The lowest BCUT2D eigenvalue weighted by atomic mass is 10.2. The molecule has 0 atom stereocenters. The third kappa shape index (κ3) is 3.10. The van der Waals surface area contributed by atoms with Crippen LogP contribution < -0.4 is 4.72 Å². The predicted molar refractivity (Wildman–Crippen MR) is 73.9 cm³/mol. The summed E-state index contributed by atoms with van der Waals surface area (Å²) in [6, 6.07) is 7.31. The Kier molecular flexibility index (Phi) is 3.86. The highest BCUT2D eigenvalue weighted by Crippen LogP contribution is 2.22. The van der Waals surface area contributed by atoms with Crippen LogP contribution in [0.15, 0.2) is 46.0 Å². The molecule has 100 valence electrons. The monoisotopic (exact) mass is 344 g/mol. The fraction of sp³-hybridized carbons (Fsp3) is 0.0833. The van der Waals surface area contributed by atoms with E-state index in [4.69, 9.17) is 0 Å². The molecule has 1 N–H and O–H groups in total. The van der Waals surface area contributed by atoms with Gasteiger partial charge in [-0.05, 0) is 42.8 Å². The van der Waals surface area contributed by atoms with Crippen molar-refractivity contribution < 1.29 is 12.8 Å². The molecule has 7 heteroatoms. The molecule has 0 bridgehead atoms. The zero-order chi connectivity index (χ0) is 14.0. The molecule has 2 aromatic rings. The van der Waals surface area contributed by atoms with Crippen molar-refractivity contribution in [3.8, 4) is 0 Å². The van der Waals surface area contributed by atoms with Crippen LogP contribution in [0.2, 0.25) is 0 Å². The van der Waals surface area contributed by atoms with Crippen molar-refractivity contribution in [2.45, 2.75) is 11.9 Å². The van der Waals surface area contributed by atoms with E-state index in [0.717, 1.165) is 16.1 Å². The molecule has 0 radical (unpaired) electrons. The molecule has 1 heterocycles. The van der Waals surface area contributed by atoms with E-state index >= 15 is 0 Å². The molecule has 0 amide bonds. The van der Waals surface area contributed by atoms with Crippen molar-refractivity contribution in [2.75, 3.05) is 4.72 Å². The molecule has 0 spiro atoms. The lowest BCUT2D eigenvalue weighted by Crippen LogP contribution is -2.16. The zero-order valence-electron chi connectivity index (χ0n) is 9.89. The fourth-order valence-electron chi connectivity index (χ4n) is 1.48. The van der Waals surface area contributed by atoms with Crippen LogP contribution in [-0.2, 0) is 10.0 Å². The Hall–Kier alpha value is -1.47. The summed E-state index contributed by atoms with van der Waals surface area (Å²) in [5.41, 5.74) is 1.22. The van der Waals surface area contributed by atoms with Gasteiger partial charge in [0.05, 0.1) is 0 Å². The molecule has 0 aliphatic rings. The van der Waals surface area contributed by atoms with Gasteiger partial charge in [0.2, 0.25) is 5.03 Å². The quantitative estimate of drug-likeness (QED) is 0.930. The topological polar surface area (TPSA) is 59.1 Å². The Morgan fingerprint density at radius 1 is 1.32 bits per heavy atom. The molecule has 0 saturated heterocycles. The highest BCUT2D eigenvalue weighted by molar-refractivity contribution is 9.10. The summed E-state index contributed by atoms with van der Waals surface area (Å²) in [4.78, 5) is 3.55. The van der Waals surface area contributed by atoms with E-state index in [0.29, 0.717) is 5.69 Å². The number of aromatic nitrogens is 1. The van der Waals surface area contributed by atoms with Crippen molar-refractivity contribution in [2.24, 2.45) is 0 Å². The Labute approximate surface area is 118 Å². The summed E-state index contributed by atoms with van der Waals surface area (Å²) >= 11 is 3.32. The number of aryl methyl sites for hydroxylation is 1. The second kappa shape index (κ2) is 5.26. The second-order valence-electron chi connectivity index (χ2n) is 3.86. The summed E-state index contributed by atoms with van der Waals surface area (Å²) in [5.74, 6) is -0.885. The summed E-state index contributed by atoms with van der Waals surface area (Å²) in [7, 11) is -4.03. The number of hydrogen-bond donors (Lipinski definition) is 1. The Balaban J connectivity index is 2.37. The smallest absolute Gasteiger partial charge is 0.278 e. The van der Waals surface area contributed by atoms with Crippen molar-refractivity contribution in [3.63, 3.8) is 0 Å². The SMILES string of the molecule is Cc1cc(NS(=O)(=O)c2ncccc2F)ccc1Br. The van der Waals surface area contributed by atoms with E-state index in [9.17, 15) is 12.8 Å². The maximum Gasteiger partial charge on any atom is 0.282 e. The number of rotatable bonds is 3. The number of benzene rings is 1. The van der Waals surface area contributed by atoms with E-state index in [1.807, 2.05) is 6.92 Å². The summed E-state index contributed by atoms with van der Waals surface area (Å²) < 4.78 is 40.6. The van der Waals surface area contributed by atoms with Gasteiger partial charge < -0.3 is 0 Å². The van der Waals surface area contributed by atoms with Crippen LogP contribution >= 0.6 is 15.9 Å². The van der Waals surface area contributed by atoms with Crippen molar-refractivity contribution >= 4 is 31.6 Å². The first-order valence-electron chi connectivity index (χ1n) is 5.29. The van der Waals surface area contributed by atoms with Gasteiger partial charge in [-0.3, -0.25) is 4.72 Å². The minimum absolute atomic E-state index is 0.353. The molecule has 4 nitrogen and oxygen atoms in total. The molecular weight excluding hydrogens is 335 g/mol. The van der Waals surface area contributed by atoms with Crippen LogP contribution in [0, 0.1) is 12.7 Å². The van der Waals surface area contributed by atoms with Crippen LogP contribution in [0.3, 0.4) is 0 Å². The average Bonchev–Trinajstić information content (AvgIpc) is 2.34. The molecule has 0 fully saturated rings. The minimum Gasteiger partial charge on any atom is -0.278 e. The van der Waals surface area contributed by atoms with Crippen molar-refractivity contribution in [1.29, 1.82) is 0 Å². The second-order valence-corrected chi connectivity index (χ2v) is 6.31. The number of nitrogens with one attached hydrogen (secondary N) is 1. The first-order chi connectivity index (χ1) is 8.90. The number of sulfonamides is 1. The van der Waals surface area contributed by atoms with Gasteiger partial charge in [0, 0.05) is 16.4 Å². The number of pyridine rings is 1. The Morgan fingerprint density at radius 3 is 2.68 bits per heavy atom. The summed E-state index contributed by atoms with van der Waals surface area (Å²) in [6.07, 6.45) is 1.23. The predicted octanol–water partition coefficient (Wildman–Crippen LogP) is 3.09. The van der Waals surface area contributed by atoms with Gasteiger partial charge in [-0.25, -0.2) is 9.37 Å². The fourth-order valence-corrected chi connectivity index (χ4v) is 2.79. The van der Waals surface area contributed by atoms with Gasteiger partial charge in [-0.15, -0.1) is 0 Å². The van der Waals surface area contributed by atoms with Gasteiger partial charge in [0.25, 0.3) is 10.0 Å². The van der Waals surface area contributed by atoms with Gasteiger partial charge in [-0.1, -0.05) is 15.9 Å². The number of anilines is 1. The maximum atomic E-state index is 13.4. The molecule has 0 saturated carbocycles. The lowest BCUT2D eigenvalue weighted by Gasteiger charge is -2.09. The Morgan fingerprint density at radius 2 is 2.05 bits per heavy atom. The molecule has 1 aromatic carbocycles. The molecule has 2 rings (SSSR count). The molecular formula is C12H10BrFN2O2S. The largest absolute Gasteiger partial charge is 0.282 e. The van der Waals surface area contributed by atoms with Crippen LogP contribution in [0.4, 0.5) is 10.1 Å². The number of halogens is 2. The van der Waals surface area contributed by atoms with E-state index in [1.54, 1.807) is 18.2 Å². The van der Waals surface area contributed by atoms with Gasteiger partial charge >= 0.3 is 0 Å². The molecule has 19 heavy (non-hydrogen) atoms. The third-order valence-electron chi connectivity index (χ3n) is 2.39. The third-order valence-corrected chi connectivity index (χ3v) is 4.59. The van der Waals surface area contributed by atoms with Crippen molar-refractivity contribution in [1.82, 2.24) is 4.98 Å². The van der Waals surface area contributed by atoms with E-state index in [1.165, 1.54) is 12.3 Å². The van der Waals surface area contributed by atoms with Crippen molar-refractivity contribution in [3.05, 3.63) is 52.4 Å². The van der Waals surface area contributed by atoms with Gasteiger partial charge in [0.1, 0.15) is 0 Å². The number of hydrogen-bond acceptors (Lipinski definition) is 3.